The fourth-order valence-corrected chi connectivity index (χ4v) is 3.46. The molecule has 1 aromatic heterocycles. The van der Waals surface area contributed by atoms with Crippen molar-refractivity contribution in [1.29, 1.82) is 0 Å². The van der Waals surface area contributed by atoms with E-state index in [2.05, 4.69) is 21.2 Å². The first-order chi connectivity index (χ1) is 10.1. The number of halogens is 1. The number of nitrogens with two attached hydrogens (primary N) is 1. The van der Waals surface area contributed by atoms with E-state index in [1.165, 1.54) is 11.3 Å². The van der Waals surface area contributed by atoms with Gasteiger partial charge in [-0.1, -0.05) is 34.1 Å². The van der Waals surface area contributed by atoms with Gasteiger partial charge < -0.3 is 11.1 Å². The number of fused-ring (bicyclic) bond motifs is 1. The number of carbonyl (C=O) groups is 1. The summed E-state index contributed by atoms with van der Waals surface area (Å²) in [5.41, 5.74) is 7.52. The summed E-state index contributed by atoms with van der Waals surface area (Å²) < 4.78 is 2.06. The number of thiophene rings is 1. The highest BCUT2D eigenvalue weighted by Crippen LogP contribution is 2.27. The van der Waals surface area contributed by atoms with Crippen LogP contribution in [0.2, 0.25) is 0 Å². The molecular weight excluding hydrogens is 348 g/mol. The summed E-state index contributed by atoms with van der Waals surface area (Å²) in [6.45, 7) is 0.497. The highest BCUT2D eigenvalue weighted by atomic mass is 79.9. The Bertz CT molecular complexity index is 813. The number of carbonyl (C=O) groups excluding carboxylic acids is 1. The maximum Gasteiger partial charge on any atom is 0.261 e. The van der Waals surface area contributed by atoms with Crippen LogP contribution in [0.1, 0.15) is 15.2 Å². The van der Waals surface area contributed by atoms with Crippen LogP contribution >= 0.6 is 27.3 Å². The molecule has 0 fully saturated rings. The molecule has 0 radical (unpaired) electrons. The molecular formula is C16H13BrN2OS. The lowest BCUT2D eigenvalue weighted by molar-refractivity contribution is 0.0955. The van der Waals surface area contributed by atoms with Gasteiger partial charge in [0.25, 0.3) is 5.91 Å². The molecule has 0 unspecified atom stereocenters. The number of anilines is 1. The van der Waals surface area contributed by atoms with Gasteiger partial charge in [0.1, 0.15) is 0 Å². The molecule has 3 nitrogen and oxygen atoms in total. The van der Waals surface area contributed by atoms with Gasteiger partial charge in [0, 0.05) is 21.4 Å². The monoisotopic (exact) mass is 360 g/mol. The van der Waals surface area contributed by atoms with E-state index in [0.717, 1.165) is 20.1 Å². The molecule has 0 aliphatic heterocycles. The lowest BCUT2D eigenvalue weighted by atomic mass is 10.2. The maximum atomic E-state index is 12.2. The summed E-state index contributed by atoms with van der Waals surface area (Å²) in [5.74, 6) is -0.0643. The highest BCUT2D eigenvalue weighted by molar-refractivity contribution is 9.10. The molecule has 1 amide bonds. The Morgan fingerprint density at radius 3 is 2.81 bits per heavy atom. The SMILES string of the molecule is Nc1ccc2sc(C(=O)NCc3ccccc3Br)cc2c1. The van der Waals surface area contributed by atoms with Crippen molar-refractivity contribution in [2.75, 3.05) is 5.73 Å². The Kier molecular flexibility index (Phi) is 3.94. The normalized spacial score (nSPS) is 10.7. The molecule has 5 heteroatoms. The third-order valence-corrected chi connectivity index (χ3v) is 5.05. The molecule has 1 heterocycles. The van der Waals surface area contributed by atoms with E-state index in [9.17, 15) is 4.79 Å². The fraction of sp³-hybridized carbons (Fsp3) is 0.0625. The average molecular weight is 361 g/mol. The maximum absolute atomic E-state index is 12.2. The van der Waals surface area contributed by atoms with E-state index >= 15 is 0 Å². The molecule has 106 valence electrons. The molecule has 0 saturated carbocycles. The third kappa shape index (κ3) is 3.09. The van der Waals surface area contributed by atoms with Crippen LogP contribution in [0.5, 0.6) is 0 Å². The van der Waals surface area contributed by atoms with Crippen molar-refractivity contribution in [1.82, 2.24) is 5.32 Å². The van der Waals surface area contributed by atoms with Crippen molar-refractivity contribution in [2.45, 2.75) is 6.54 Å². The highest BCUT2D eigenvalue weighted by Gasteiger charge is 2.10. The molecule has 0 aliphatic carbocycles. The third-order valence-electron chi connectivity index (χ3n) is 3.16. The van der Waals surface area contributed by atoms with E-state index in [1.807, 2.05) is 48.5 Å². The first-order valence-electron chi connectivity index (χ1n) is 6.44. The van der Waals surface area contributed by atoms with Crippen molar-refractivity contribution in [3.63, 3.8) is 0 Å². The number of benzene rings is 2. The minimum absolute atomic E-state index is 0.0643. The van der Waals surface area contributed by atoms with Gasteiger partial charge in [-0.2, -0.15) is 0 Å². The molecule has 0 saturated heterocycles. The van der Waals surface area contributed by atoms with Crippen molar-refractivity contribution in [3.8, 4) is 0 Å². The molecule has 2 aromatic carbocycles. The van der Waals surface area contributed by atoms with Crippen molar-refractivity contribution in [2.24, 2.45) is 0 Å². The van der Waals surface area contributed by atoms with Crippen LogP contribution in [0.25, 0.3) is 10.1 Å². The van der Waals surface area contributed by atoms with Crippen molar-refractivity contribution < 1.29 is 4.79 Å². The molecule has 0 atom stereocenters. The zero-order valence-corrected chi connectivity index (χ0v) is 13.5. The van der Waals surface area contributed by atoms with Gasteiger partial charge >= 0.3 is 0 Å². The number of rotatable bonds is 3. The first kappa shape index (κ1) is 14.1. The van der Waals surface area contributed by atoms with Crippen molar-refractivity contribution >= 4 is 48.9 Å². The summed E-state index contributed by atoms with van der Waals surface area (Å²) in [6.07, 6.45) is 0. The van der Waals surface area contributed by atoms with E-state index in [4.69, 9.17) is 5.73 Å². The van der Waals surface area contributed by atoms with Crippen LogP contribution in [0.4, 0.5) is 5.69 Å². The minimum Gasteiger partial charge on any atom is -0.399 e. The van der Waals surface area contributed by atoms with Crippen LogP contribution in [-0.2, 0) is 6.54 Å². The molecule has 3 aromatic rings. The Morgan fingerprint density at radius 1 is 1.19 bits per heavy atom. The lowest BCUT2D eigenvalue weighted by Crippen LogP contribution is -2.21. The molecule has 0 bridgehead atoms. The Hall–Kier alpha value is -1.85. The van der Waals surface area contributed by atoms with Gasteiger partial charge in [0.15, 0.2) is 0 Å². The van der Waals surface area contributed by atoms with Crippen LogP contribution in [0.3, 0.4) is 0 Å². The van der Waals surface area contributed by atoms with E-state index < -0.39 is 0 Å². The van der Waals surface area contributed by atoms with E-state index in [1.54, 1.807) is 0 Å². The van der Waals surface area contributed by atoms with Crippen LogP contribution < -0.4 is 11.1 Å². The minimum atomic E-state index is -0.0643. The smallest absolute Gasteiger partial charge is 0.261 e. The quantitative estimate of drug-likeness (QED) is 0.688. The largest absolute Gasteiger partial charge is 0.399 e. The van der Waals surface area contributed by atoms with Gasteiger partial charge in [-0.25, -0.2) is 0 Å². The molecule has 3 N–H and O–H groups in total. The standard InChI is InChI=1S/C16H13BrN2OS/c17-13-4-2-1-3-10(13)9-19-16(20)15-8-11-7-12(18)5-6-14(11)21-15/h1-8H,9,18H2,(H,19,20). The Morgan fingerprint density at radius 2 is 2.00 bits per heavy atom. The topological polar surface area (TPSA) is 55.1 Å². The second kappa shape index (κ2) is 5.87. The number of hydrogen-bond acceptors (Lipinski definition) is 3. The average Bonchev–Trinajstić information content (AvgIpc) is 2.89. The Balaban J connectivity index is 1.76. The van der Waals surface area contributed by atoms with Crippen LogP contribution in [0.15, 0.2) is 53.0 Å². The fourth-order valence-electron chi connectivity index (χ4n) is 2.08. The molecule has 0 spiro atoms. The van der Waals surface area contributed by atoms with Crippen LogP contribution in [0, 0.1) is 0 Å². The number of hydrogen-bond donors (Lipinski definition) is 2. The summed E-state index contributed by atoms with van der Waals surface area (Å²) >= 11 is 4.95. The van der Waals surface area contributed by atoms with Crippen LogP contribution in [-0.4, -0.2) is 5.91 Å². The summed E-state index contributed by atoms with van der Waals surface area (Å²) in [5, 5.41) is 3.95. The number of amides is 1. The van der Waals surface area contributed by atoms with Gasteiger partial charge in [-0.15, -0.1) is 11.3 Å². The molecule has 0 aliphatic rings. The number of nitrogens with one attached hydrogen (secondary N) is 1. The predicted molar refractivity (Wildman–Crippen MR) is 91.5 cm³/mol. The zero-order chi connectivity index (χ0) is 14.8. The summed E-state index contributed by atoms with van der Waals surface area (Å²) in [4.78, 5) is 12.9. The van der Waals surface area contributed by atoms with Crippen molar-refractivity contribution in [3.05, 3.63) is 63.4 Å². The van der Waals surface area contributed by atoms with Gasteiger partial charge in [-0.3, -0.25) is 4.79 Å². The van der Waals surface area contributed by atoms with E-state index in [0.29, 0.717) is 17.1 Å². The summed E-state index contributed by atoms with van der Waals surface area (Å²) in [7, 11) is 0. The van der Waals surface area contributed by atoms with E-state index in [-0.39, 0.29) is 5.91 Å². The second-order valence-corrected chi connectivity index (χ2v) is 6.62. The second-order valence-electron chi connectivity index (χ2n) is 4.68. The lowest BCUT2D eigenvalue weighted by Gasteiger charge is -2.05. The predicted octanol–water partition coefficient (Wildman–Crippen LogP) is 4.18. The molecule has 3 rings (SSSR count). The Labute approximate surface area is 134 Å². The first-order valence-corrected chi connectivity index (χ1v) is 8.05. The zero-order valence-electron chi connectivity index (χ0n) is 11.1. The van der Waals surface area contributed by atoms with Gasteiger partial charge in [-0.05, 0) is 41.3 Å². The van der Waals surface area contributed by atoms with Gasteiger partial charge in [0.2, 0.25) is 0 Å². The molecule has 21 heavy (non-hydrogen) atoms. The summed E-state index contributed by atoms with van der Waals surface area (Å²) in [6, 6.07) is 15.4. The van der Waals surface area contributed by atoms with Gasteiger partial charge in [0.05, 0.1) is 4.88 Å². The number of nitrogen functional groups attached to an aromatic ring is 1.